The van der Waals surface area contributed by atoms with Gasteiger partial charge >= 0.3 is 0 Å². The Hall–Kier alpha value is -1.00. The third-order valence-electron chi connectivity index (χ3n) is 4.92. The number of hydrogen-bond acceptors (Lipinski definition) is 2. The Balaban J connectivity index is 0.00000242. The highest BCUT2D eigenvalue weighted by Gasteiger charge is 2.25. The molecule has 1 saturated carbocycles. The monoisotopic (exact) mass is 327 g/mol. The number of carbonyl (C=O) groups excluding carboxylic acids is 1. The van der Waals surface area contributed by atoms with Crippen molar-refractivity contribution in [3.63, 3.8) is 0 Å². The summed E-state index contributed by atoms with van der Waals surface area (Å²) < 4.78 is 2.17. The van der Waals surface area contributed by atoms with Crippen LogP contribution in [-0.4, -0.2) is 23.1 Å². The van der Waals surface area contributed by atoms with Gasteiger partial charge in [-0.2, -0.15) is 0 Å². The van der Waals surface area contributed by atoms with E-state index in [1.54, 1.807) is 0 Å². The van der Waals surface area contributed by atoms with Crippen LogP contribution in [0.5, 0.6) is 0 Å². The van der Waals surface area contributed by atoms with Crippen LogP contribution in [0.2, 0.25) is 0 Å². The molecule has 2 rings (SSSR count). The van der Waals surface area contributed by atoms with Crippen molar-refractivity contribution in [2.75, 3.05) is 6.54 Å². The molecular formula is C17H30ClN3O. The first kappa shape index (κ1) is 19.0. The van der Waals surface area contributed by atoms with Crippen LogP contribution in [0.3, 0.4) is 0 Å². The average molecular weight is 328 g/mol. The molecule has 3 N–H and O–H groups in total. The van der Waals surface area contributed by atoms with E-state index < -0.39 is 0 Å². The van der Waals surface area contributed by atoms with Gasteiger partial charge in [-0.15, -0.1) is 12.4 Å². The number of amides is 1. The van der Waals surface area contributed by atoms with Crippen LogP contribution in [0.4, 0.5) is 0 Å². The second-order valence-corrected chi connectivity index (χ2v) is 6.24. The first-order chi connectivity index (χ1) is 10.1. The normalized spacial score (nSPS) is 16.9. The van der Waals surface area contributed by atoms with Gasteiger partial charge < -0.3 is 15.6 Å². The fraction of sp³-hybridized carbons (Fsp3) is 0.706. The number of nitrogens with zero attached hydrogens (tertiary/aromatic N) is 1. The Morgan fingerprint density at radius 1 is 1.36 bits per heavy atom. The number of aryl methyl sites for hydroxylation is 1. The number of hydrogen-bond donors (Lipinski definition) is 2. The third-order valence-corrected chi connectivity index (χ3v) is 4.92. The van der Waals surface area contributed by atoms with Crippen LogP contribution < -0.4 is 11.1 Å². The minimum Gasteiger partial charge on any atom is -0.349 e. The summed E-state index contributed by atoms with van der Waals surface area (Å²) >= 11 is 0. The van der Waals surface area contributed by atoms with E-state index in [1.165, 1.54) is 32.1 Å². The van der Waals surface area contributed by atoms with Crippen LogP contribution in [0.15, 0.2) is 6.07 Å². The summed E-state index contributed by atoms with van der Waals surface area (Å²) in [5.41, 5.74) is 8.89. The Bertz CT molecular complexity index is 492. The fourth-order valence-corrected chi connectivity index (χ4v) is 3.67. The SMILES string of the molecule is CCn1c(C)cc(C(=O)NC(CN)C2CCCCC2)c1C.Cl. The maximum atomic E-state index is 12.6. The van der Waals surface area contributed by atoms with Gasteiger partial charge in [-0.05, 0) is 45.6 Å². The van der Waals surface area contributed by atoms with Gasteiger partial charge in [-0.1, -0.05) is 19.3 Å². The van der Waals surface area contributed by atoms with Crippen molar-refractivity contribution in [3.05, 3.63) is 23.0 Å². The average Bonchev–Trinajstić information content (AvgIpc) is 2.79. The molecule has 4 nitrogen and oxygen atoms in total. The summed E-state index contributed by atoms with van der Waals surface area (Å²) in [7, 11) is 0. The molecule has 0 bridgehead atoms. The van der Waals surface area contributed by atoms with E-state index in [9.17, 15) is 4.79 Å². The topological polar surface area (TPSA) is 60.0 Å². The van der Waals surface area contributed by atoms with Crippen molar-refractivity contribution < 1.29 is 4.79 Å². The largest absolute Gasteiger partial charge is 0.349 e. The van der Waals surface area contributed by atoms with E-state index in [2.05, 4.69) is 23.7 Å². The van der Waals surface area contributed by atoms with Crippen molar-refractivity contribution in [1.29, 1.82) is 0 Å². The lowest BCUT2D eigenvalue weighted by Crippen LogP contribution is -2.46. The molecule has 1 fully saturated rings. The standard InChI is InChI=1S/C17H29N3O.ClH/c1-4-20-12(2)10-15(13(20)3)17(21)19-16(11-18)14-8-6-5-7-9-14;/h10,14,16H,4-9,11,18H2,1-3H3,(H,19,21);1H. The number of nitrogens with one attached hydrogen (secondary N) is 1. The minimum atomic E-state index is 0. The van der Waals surface area contributed by atoms with Crippen LogP contribution in [0.25, 0.3) is 0 Å². The zero-order valence-corrected chi connectivity index (χ0v) is 14.8. The van der Waals surface area contributed by atoms with Gasteiger partial charge in [0.05, 0.1) is 5.56 Å². The van der Waals surface area contributed by atoms with E-state index in [-0.39, 0.29) is 24.4 Å². The molecule has 1 atom stereocenters. The molecule has 1 aromatic rings. The van der Waals surface area contributed by atoms with E-state index in [4.69, 9.17) is 5.73 Å². The molecule has 1 aliphatic carbocycles. The fourth-order valence-electron chi connectivity index (χ4n) is 3.67. The van der Waals surface area contributed by atoms with Crippen molar-refractivity contribution in [2.24, 2.45) is 11.7 Å². The van der Waals surface area contributed by atoms with Gasteiger partial charge in [0.2, 0.25) is 0 Å². The summed E-state index contributed by atoms with van der Waals surface area (Å²) in [6, 6.07) is 2.10. The number of aromatic nitrogens is 1. The van der Waals surface area contributed by atoms with Gasteiger partial charge in [0.25, 0.3) is 5.91 Å². The van der Waals surface area contributed by atoms with Gasteiger partial charge in [0.1, 0.15) is 0 Å². The van der Waals surface area contributed by atoms with Gasteiger partial charge in [-0.3, -0.25) is 4.79 Å². The summed E-state index contributed by atoms with van der Waals surface area (Å²) in [5.74, 6) is 0.575. The second-order valence-electron chi connectivity index (χ2n) is 6.24. The molecule has 0 aromatic carbocycles. The molecule has 0 saturated heterocycles. The molecule has 1 unspecified atom stereocenters. The van der Waals surface area contributed by atoms with E-state index >= 15 is 0 Å². The molecule has 1 amide bonds. The van der Waals surface area contributed by atoms with Gasteiger partial charge in [-0.25, -0.2) is 0 Å². The maximum Gasteiger partial charge on any atom is 0.253 e. The summed E-state index contributed by atoms with van der Waals surface area (Å²) in [5, 5.41) is 3.18. The number of halogens is 1. The molecule has 0 radical (unpaired) electrons. The van der Waals surface area contributed by atoms with Crippen molar-refractivity contribution in [3.8, 4) is 0 Å². The van der Waals surface area contributed by atoms with E-state index in [0.29, 0.717) is 12.5 Å². The first-order valence-corrected chi connectivity index (χ1v) is 8.26. The molecule has 1 heterocycles. The molecule has 5 heteroatoms. The molecule has 0 spiro atoms. The van der Waals surface area contributed by atoms with Crippen LogP contribution in [0, 0.1) is 19.8 Å². The Kier molecular flexibility index (Phi) is 7.43. The first-order valence-electron chi connectivity index (χ1n) is 8.26. The highest BCUT2D eigenvalue weighted by atomic mass is 35.5. The highest BCUT2D eigenvalue weighted by molar-refractivity contribution is 5.95. The number of carbonyl (C=O) groups is 1. The van der Waals surface area contributed by atoms with Crippen molar-refractivity contribution >= 4 is 18.3 Å². The lowest BCUT2D eigenvalue weighted by molar-refractivity contribution is 0.0915. The predicted molar refractivity (Wildman–Crippen MR) is 93.7 cm³/mol. The zero-order chi connectivity index (χ0) is 15.4. The third kappa shape index (κ3) is 4.05. The van der Waals surface area contributed by atoms with E-state index in [1.807, 2.05) is 13.0 Å². The summed E-state index contributed by atoms with van der Waals surface area (Å²) in [4.78, 5) is 12.6. The van der Waals surface area contributed by atoms with Crippen molar-refractivity contribution in [1.82, 2.24) is 9.88 Å². The molecule has 126 valence electrons. The molecular weight excluding hydrogens is 298 g/mol. The Morgan fingerprint density at radius 2 is 2.00 bits per heavy atom. The lowest BCUT2D eigenvalue weighted by Gasteiger charge is -2.30. The Morgan fingerprint density at radius 3 is 2.50 bits per heavy atom. The van der Waals surface area contributed by atoms with Crippen LogP contribution >= 0.6 is 12.4 Å². The zero-order valence-electron chi connectivity index (χ0n) is 14.0. The highest BCUT2D eigenvalue weighted by Crippen LogP contribution is 2.26. The van der Waals surface area contributed by atoms with E-state index in [0.717, 1.165) is 23.5 Å². The minimum absolute atomic E-state index is 0. The summed E-state index contributed by atoms with van der Waals surface area (Å²) in [6.07, 6.45) is 6.23. The van der Waals surface area contributed by atoms with Gasteiger partial charge in [0.15, 0.2) is 0 Å². The van der Waals surface area contributed by atoms with Crippen LogP contribution in [0.1, 0.15) is 60.8 Å². The predicted octanol–water partition coefficient (Wildman–Crippen LogP) is 3.18. The smallest absolute Gasteiger partial charge is 0.253 e. The van der Waals surface area contributed by atoms with Crippen LogP contribution in [-0.2, 0) is 6.54 Å². The molecule has 1 aliphatic rings. The van der Waals surface area contributed by atoms with Crippen molar-refractivity contribution in [2.45, 2.75) is 65.5 Å². The number of rotatable bonds is 5. The maximum absolute atomic E-state index is 12.6. The lowest BCUT2D eigenvalue weighted by atomic mass is 9.84. The number of nitrogens with two attached hydrogens (primary N) is 1. The van der Waals surface area contributed by atoms with Gasteiger partial charge in [0, 0.05) is 30.5 Å². The molecule has 22 heavy (non-hydrogen) atoms. The molecule has 1 aromatic heterocycles. The summed E-state index contributed by atoms with van der Waals surface area (Å²) in [6.45, 7) is 7.60. The quantitative estimate of drug-likeness (QED) is 0.872. The Labute approximate surface area is 140 Å². The second kappa shape index (κ2) is 8.59. The molecule has 0 aliphatic heterocycles.